The van der Waals surface area contributed by atoms with Crippen molar-refractivity contribution in [2.75, 3.05) is 6.61 Å². The molecular weight excluding hydrogens is 464 g/mol. The first-order valence-corrected chi connectivity index (χ1v) is 12.2. The van der Waals surface area contributed by atoms with Gasteiger partial charge in [0.15, 0.2) is 6.29 Å². The minimum atomic E-state index is -1.67. The number of rotatable bonds is 7. The molecule has 1 aliphatic heterocycles. The number of aliphatic hydroxyl groups is 4. The van der Waals surface area contributed by atoms with E-state index in [4.69, 9.17) is 9.84 Å². The van der Waals surface area contributed by atoms with Gasteiger partial charge in [-0.05, 0) is 56.6 Å². The maximum atomic E-state index is 12.1. The Bertz CT molecular complexity index is 961. The van der Waals surface area contributed by atoms with Gasteiger partial charge in [0.05, 0.1) is 6.61 Å². The summed E-state index contributed by atoms with van der Waals surface area (Å²) in [5.74, 6) is -0.702. The third-order valence-electron chi connectivity index (χ3n) is 6.57. The molecule has 200 valence electrons. The van der Waals surface area contributed by atoms with Gasteiger partial charge < -0.3 is 30.5 Å². The lowest BCUT2D eigenvalue weighted by molar-refractivity contribution is -0.252. The summed E-state index contributed by atoms with van der Waals surface area (Å²) >= 11 is 0. The molecule has 0 aromatic heterocycles. The lowest BCUT2D eigenvalue weighted by Gasteiger charge is -2.40. The van der Waals surface area contributed by atoms with Crippen LogP contribution in [0.25, 0.3) is 0 Å². The predicted octanol–water partition coefficient (Wildman–Crippen LogP) is 2.14. The van der Waals surface area contributed by atoms with Crippen molar-refractivity contribution in [3.63, 3.8) is 0 Å². The maximum absolute atomic E-state index is 12.1. The van der Waals surface area contributed by atoms with Crippen LogP contribution in [-0.2, 0) is 9.53 Å². The van der Waals surface area contributed by atoms with Crippen LogP contribution in [0.5, 0.6) is 0 Å². The second-order valence-corrected chi connectivity index (χ2v) is 10.1. The van der Waals surface area contributed by atoms with Crippen molar-refractivity contribution >= 4 is 11.9 Å². The summed E-state index contributed by atoms with van der Waals surface area (Å²) in [5.41, 5.74) is 4.66. The Hall–Kier alpha value is -2.56. The molecule has 0 radical (unpaired) electrons. The van der Waals surface area contributed by atoms with Crippen LogP contribution in [0, 0.1) is 5.41 Å². The molecule has 0 unspecified atom stereocenters. The molecule has 5 atom stereocenters. The molecule has 2 rings (SSSR count). The maximum Gasteiger partial charge on any atom is 0.322 e. The number of allylic oxidation sites excluding steroid dienone is 9. The number of carbonyl (C=O) groups is 2. The van der Waals surface area contributed by atoms with Crippen LogP contribution < -0.4 is 10.6 Å². The van der Waals surface area contributed by atoms with Gasteiger partial charge in [-0.1, -0.05) is 55.4 Å². The molecule has 1 aliphatic carbocycles. The molecule has 0 aromatic rings. The van der Waals surface area contributed by atoms with E-state index in [0.717, 1.165) is 12.0 Å². The van der Waals surface area contributed by atoms with Crippen LogP contribution in [0.15, 0.2) is 58.7 Å². The minimum Gasteiger partial charge on any atom is -0.394 e. The summed E-state index contributed by atoms with van der Waals surface area (Å²) in [5, 5.41) is 43.2. The number of urea groups is 1. The SMILES string of the molecule is CC1=C(/C=C/C(C)=C\C=C\C(C)=C\C(=O)NC(=O)N[C@@H]2[C@@H](O)[C@H](O)[C@@H](CO)O[C@H]2O)C(C)(C)CCC1. The zero-order chi connectivity index (χ0) is 27.0. The molecule has 0 spiro atoms. The lowest BCUT2D eigenvalue weighted by atomic mass is 9.72. The number of carbonyl (C=O) groups excluding carboxylic acids is 2. The zero-order valence-electron chi connectivity index (χ0n) is 21.7. The first-order chi connectivity index (χ1) is 16.9. The highest BCUT2D eigenvalue weighted by Crippen LogP contribution is 2.40. The van der Waals surface area contributed by atoms with Gasteiger partial charge in [0.1, 0.15) is 24.4 Å². The number of nitrogens with one attached hydrogen (secondary N) is 2. The average molecular weight is 505 g/mol. The number of amides is 3. The zero-order valence-corrected chi connectivity index (χ0v) is 21.7. The Kier molecular flexibility index (Phi) is 10.8. The van der Waals surface area contributed by atoms with E-state index in [1.54, 1.807) is 13.0 Å². The van der Waals surface area contributed by atoms with Crippen molar-refractivity contribution in [3.8, 4) is 0 Å². The van der Waals surface area contributed by atoms with E-state index in [9.17, 15) is 24.9 Å². The van der Waals surface area contributed by atoms with Gasteiger partial charge in [0.2, 0.25) is 0 Å². The largest absolute Gasteiger partial charge is 0.394 e. The first kappa shape index (κ1) is 29.7. The highest BCUT2D eigenvalue weighted by atomic mass is 16.6. The van der Waals surface area contributed by atoms with Crippen molar-refractivity contribution in [2.45, 2.75) is 84.5 Å². The molecule has 9 heteroatoms. The molecule has 1 saturated heterocycles. The van der Waals surface area contributed by atoms with Crippen LogP contribution in [0.4, 0.5) is 4.79 Å². The molecule has 3 amide bonds. The van der Waals surface area contributed by atoms with E-state index in [1.165, 1.54) is 30.1 Å². The number of ether oxygens (including phenoxy) is 1. The summed E-state index contributed by atoms with van der Waals surface area (Å²) in [7, 11) is 0. The highest BCUT2D eigenvalue weighted by Gasteiger charge is 2.44. The molecule has 1 fully saturated rings. The Labute approximate surface area is 212 Å². The quantitative estimate of drug-likeness (QED) is 0.230. The van der Waals surface area contributed by atoms with Gasteiger partial charge >= 0.3 is 6.03 Å². The van der Waals surface area contributed by atoms with Gasteiger partial charge in [-0.25, -0.2) is 4.79 Å². The summed E-state index contributed by atoms with van der Waals surface area (Å²) in [4.78, 5) is 24.3. The molecule has 0 saturated carbocycles. The van der Waals surface area contributed by atoms with E-state index in [1.807, 2.05) is 19.1 Å². The Morgan fingerprint density at radius 1 is 1.11 bits per heavy atom. The van der Waals surface area contributed by atoms with Crippen molar-refractivity contribution in [2.24, 2.45) is 5.41 Å². The fourth-order valence-corrected chi connectivity index (χ4v) is 4.48. The average Bonchev–Trinajstić information content (AvgIpc) is 2.78. The molecule has 6 N–H and O–H groups in total. The van der Waals surface area contributed by atoms with Gasteiger partial charge in [-0.15, -0.1) is 0 Å². The molecule has 36 heavy (non-hydrogen) atoms. The van der Waals surface area contributed by atoms with Gasteiger partial charge in [-0.3, -0.25) is 10.1 Å². The van der Waals surface area contributed by atoms with E-state index < -0.39 is 49.2 Å². The third-order valence-corrected chi connectivity index (χ3v) is 6.57. The minimum absolute atomic E-state index is 0.176. The van der Waals surface area contributed by atoms with Crippen LogP contribution >= 0.6 is 0 Å². The molecule has 0 bridgehead atoms. The van der Waals surface area contributed by atoms with Crippen molar-refractivity contribution in [3.05, 3.63) is 58.7 Å². The van der Waals surface area contributed by atoms with Crippen LogP contribution in [0.2, 0.25) is 0 Å². The summed E-state index contributed by atoms with van der Waals surface area (Å²) < 4.78 is 4.97. The molecular formula is C27H40N2O7. The van der Waals surface area contributed by atoms with Crippen LogP contribution in [-0.4, -0.2) is 69.6 Å². The molecule has 0 aromatic carbocycles. The number of hydrogen-bond acceptors (Lipinski definition) is 7. The molecule has 1 heterocycles. The smallest absolute Gasteiger partial charge is 0.322 e. The summed E-state index contributed by atoms with van der Waals surface area (Å²) in [6.07, 6.45) is 8.55. The summed E-state index contributed by atoms with van der Waals surface area (Å²) in [6.45, 7) is 9.83. The van der Waals surface area contributed by atoms with Gasteiger partial charge in [0, 0.05) is 6.08 Å². The highest BCUT2D eigenvalue weighted by molar-refractivity contribution is 6.00. The Balaban J connectivity index is 1.90. The van der Waals surface area contributed by atoms with Crippen molar-refractivity contribution < 1.29 is 34.8 Å². The Morgan fingerprint density at radius 3 is 2.44 bits per heavy atom. The van der Waals surface area contributed by atoms with E-state index in [0.29, 0.717) is 5.57 Å². The van der Waals surface area contributed by atoms with Crippen molar-refractivity contribution in [1.29, 1.82) is 0 Å². The number of imide groups is 1. The first-order valence-electron chi connectivity index (χ1n) is 12.2. The van der Waals surface area contributed by atoms with E-state index in [-0.39, 0.29) is 5.41 Å². The van der Waals surface area contributed by atoms with E-state index in [2.05, 4.69) is 43.6 Å². The molecule has 9 nitrogen and oxygen atoms in total. The Morgan fingerprint density at radius 2 is 1.81 bits per heavy atom. The topological polar surface area (TPSA) is 148 Å². The van der Waals surface area contributed by atoms with Gasteiger partial charge in [-0.2, -0.15) is 0 Å². The predicted molar refractivity (Wildman–Crippen MR) is 137 cm³/mol. The fourth-order valence-electron chi connectivity index (χ4n) is 4.48. The van der Waals surface area contributed by atoms with Crippen LogP contribution in [0.1, 0.15) is 53.9 Å². The number of aliphatic hydroxyl groups excluding tert-OH is 4. The standard InChI is InChI=1S/C27H40N2O7/c1-16(11-12-19-18(3)10-7-13-27(19,4)5)8-6-9-17(2)14-21(31)28-26(35)29-22-24(33)23(32)20(15-30)36-25(22)34/h6,8-9,11-12,14,20,22-25,30,32-34H,7,10,13,15H2,1-5H3,(H2,28,29,31,35)/b9-6+,12-11+,16-8-,17-14+/t20-,22-,23-,24-,25-/m1/s1. The number of hydrogen-bond donors (Lipinski definition) is 6. The fraction of sp³-hybridized carbons (Fsp3) is 0.556. The van der Waals surface area contributed by atoms with Gasteiger partial charge in [0.25, 0.3) is 5.91 Å². The summed E-state index contributed by atoms with van der Waals surface area (Å²) in [6, 6.07) is -2.37. The normalized spacial score (nSPS) is 29.6. The second-order valence-electron chi connectivity index (χ2n) is 10.1. The lowest BCUT2D eigenvalue weighted by Crippen LogP contribution is -2.65. The third kappa shape index (κ3) is 8.25. The van der Waals surface area contributed by atoms with E-state index >= 15 is 0 Å². The van der Waals surface area contributed by atoms with Crippen LogP contribution in [0.3, 0.4) is 0 Å². The monoisotopic (exact) mass is 504 g/mol. The van der Waals surface area contributed by atoms with Crippen molar-refractivity contribution in [1.82, 2.24) is 10.6 Å². The second kappa shape index (κ2) is 13.1. The molecule has 2 aliphatic rings.